The van der Waals surface area contributed by atoms with E-state index in [9.17, 15) is 9.59 Å². The zero-order chi connectivity index (χ0) is 18.8. The third kappa shape index (κ3) is 4.20. The maximum absolute atomic E-state index is 12.9. The van der Waals surface area contributed by atoms with Gasteiger partial charge in [-0.25, -0.2) is 9.59 Å². The maximum Gasteiger partial charge on any atom is 0.411 e. The summed E-state index contributed by atoms with van der Waals surface area (Å²) < 4.78 is 10.5. The fraction of sp³-hybridized carbons (Fsp3) is 0.684. The van der Waals surface area contributed by atoms with Crippen molar-refractivity contribution in [1.29, 1.82) is 0 Å². The molecule has 1 aliphatic carbocycles. The summed E-state index contributed by atoms with van der Waals surface area (Å²) in [6.45, 7) is 9.23. The van der Waals surface area contributed by atoms with Crippen LogP contribution in [0.2, 0.25) is 0 Å². The van der Waals surface area contributed by atoms with Crippen LogP contribution in [0.5, 0.6) is 0 Å². The first-order valence-electron chi connectivity index (χ1n) is 8.70. The number of ether oxygens (including phenoxy) is 2. The highest BCUT2D eigenvalue weighted by molar-refractivity contribution is 6.29. The molecule has 25 heavy (non-hydrogen) atoms. The van der Waals surface area contributed by atoms with Gasteiger partial charge in [0.15, 0.2) is 0 Å². The van der Waals surface area contributed by atoms with Crippen LogP contribution in [0.1, 0.15) is 52.9 Å². The second-order valence-corrected chi connectivity index (χ2v) is 8.36. The van der Waals surface area contributed by atoms with E-state index in [0.717, 1.165) is 30.7 Å². The monoisotopic (exact) mass is 369 g/mol. The second kappa shape index (κ2) is 7.40. The minimum Gasteiger partial charge on any atom is -0.467 e. The summed E-state index contributed by atoms with van der Waals surface area (Å²) in [6.07, 6.45) is 7.07. The van der Waals surface area contributed by atoms with Gasteiger partial charge in [-0.15, -0.1) is 6.58 Å². The molecule has 0 N–H and O–H groups in total. The Kier molecular flexibility index (Phi) is 5.87. The van der Waals surface area contributed by atoms with Gasteiger partial charge < -0.3 is 9.47 Å². The molecule has 0 bridgehead atoms. The average molecular weight is 370 g/mol. The number of likely N-dealkylation sites (tertiary alicyclic amines) is 1. The lowest BCUT2D eigenvalue weighted by Crippen LogP contribution is -2.49. The molecule has 0 aromatic carbocycles. The van der Waals surface area contributed by atoms with Crippen molar-refractivity contribution in [1.82, 2.24) is 4.90 Å². The van der Waals surface area contributed by atoms with Crippen LogP contribution in [0, 0.1) is 5.41 Å². The Morgan fingerprint density at radius 1 is 1.48 bits per heavy atom. The molecule has 1 aliphatic heterocycles. The highest BCUT2D eigenvalue weighted by Crippen LogP contribution is 2.52. The summed E-state index contributed by atoms with van der Waals surface area (Å²) in [5.74, 6) is -0.414. The Balaban J connectivity index is 2.43. The van der Waals surface area contributed by atoms with E-state index in [-0.39, 0.29) is 11.5 Å². The van der Waals surface area contributed by atoms with Crippen molar-refractivity contribution >= 4 is 23.7 Å². The molecular weight excluding hydrogens is 342 g/mol. The van der Waals surface area contributed by atoms with Crippen molar-refractivity contribution in [3.05, 3.63) is 23.8 Å². The van der Waals surface area contributed by atoms with E-state index in [2.05, 4.69) is 6.58 Å². The molecule has 140 valence electrons. The molecule has 0 radical (unpaired) electrons. The highest BCUT2D eigenvalue weighted by atomic mass is 35.5. The first-order valence-corrected chi connectivity index (χ1v) is 9.07. The summed E-state index contributed by atoms with van der Waals surface area (Å²) in [5, 5.41) is 0.721. The predicted molar refractivity (Wildman–Crippen MR) is 97.3 cm³/mol. The van der Waals surface area contributed by atoms with Gasteiger partial charge in [0.1, 0.15) is 11.6 Å². The van der Waals surface area contributed by atoms with Crippen molar-refractivity contribution in [3.63, 3.8) is 0 Å². The molecule has 1 fully saturated rings. The van der Waals surface area contributed by atoms with Gasteiger partial charge >= 0.3 is 12.1 Å². The van der Waals surface area contributed by atoms with Gasteiger partial charge in [-0.05, 0) is 64.4 Å². The van der Waals surface area contributed by atoms with Gasteiger partial charge in [-0.1, -0.05) is 17.7 Å². The Hall–Kier alpha value is -1.49. The standard InChI is InChI=1S/C19H28ClNO4/c1-6-7-9-19-10-8-13(20)11-15(19)21(14(12-19)16(22)24-5)17(23)25-18(2,3)4/h6,11,14-15H,1,7-10,12H2,2-5H3/t14-,15-,19-/m0/s1. The van der Waals surface area contributed by atoms with Gasteiger partial charge in [0, 0.05) is 5.03 Å². The summed E-state index contributed by atoms with van der Waals surface area (Å²) in [5.41, 5.74) is -0.853. The van der Waals surface area contributed by atoms with Crippen LogP contribution in [0.15, 0.2) is 23.8 Å². The van der Waals surface area contributed by atoms with Crippen LogP contribution in [-0.4, -0.2) is 41.8 Å². The zero-order valence-corrected chi connectivity index (χ0v) is 16.3. The van der Waals surface area contributed by atoms with Gasteiger partial charge in [-0.2, -0.15) is 0 Å². The SMILES string of the molecule is C=CCC[C@@]12CCC(Cl)=C[C@@H]1N(C(=O)OC(C)(C)C)[C@H](C(=O)OC)C2. The summed E-state index contributed by atoms with van der Waals surface area (Å²) >= 11 is 6.29. The Labute approximate surface area is 155 Å². The number of carbonyl (C=O) groups excluding carboxylic acids is 2. The second-order valence-electron chi connectivity index (χ2n) is 7.88. The average Bonchev–Trinajstić information content (AvgIpc) is 2.85. The first kappa shape index (κ1) is 19.8. The molecule has 0 spiro atoms. The Bertz CT molecular complexity index is 580. The number of allylic oxidation sites excluding steroid dienone is 2. The number of hydrogen-bond donors (Lipinski definition) is 0. The van der Waals surface area contributed by atoms with Crippen LogP contribution >= 0.6 is 11.6 Å². The van der Waals surface area contributed by atoms with Crippen LogP contribution in [0.25, 0.3) is 0 Å². The number of fused-ring (bicyclic) bond motifs is 1. The number of esters is 1. The van der Waals surface area contributed by atoms with E-state index >= 15 is 0 Å². The number of hydrogen-bond acceptors (Lipinski definition) is 4. The van der Waals surface area contributed by atoms with Crippen molar-refractivity contribution in [2.24, 2.45) is 5.41 Å². The molecule has 1 heterocycles. The first-order chi connectivity index (χ1) is 11.6. The van der Waals surface area contributed by atoms with E-state index in [0.29, 0.717) is 6.42 Å². The molecule has 1 saturated heterocycles. The number of halogens is 1. The summed E-state index contributed by atoms with van der Waals surface area (Å²) in [7, 11) is 1.34. The number of rotatable bonds is 4. The smallest absolute Gasteiger partial charge is 0.411 e. The molecular formula is C19H28ClNO4. The Morgan fingerprint density at radius 2 is 2.16 bits per heavy atom. The molecule has 3 atom stereocenters. The molecule has 0 unspecified atom stereocenters. The van der Waals surface area contributed by atoms with Crippen LogP contribution in [-0.2, 0) is 14.3 Å². The molecule has 6 heteroatoms. The van der Waals surface area contributed by atoms with Crippen LogP contribution < -0.4 is 0 Å². The third-order valence-corrected chi connectivity index (χ3v) is 5.30. The third-order valence-electron chi connectivity index (χ3n) is 4.99. The lowest BCUT2D eigenvalue weighted by Gasteiger charge is -2.39. The highest BCUT2D eigenvalue weighted by Gasteiger charge is 2.57. The van der Waals surface area contributed by atoms with Crippen molar-refractivity contribution in [2.75, 3.05) is 7.11 Å². The molecule has 0 saturated carbocycles. The number of amides is 1. The normalized spacial score (nSPS) is 28.8. The van der Waals surface area contributed by atoms with Gasteiger partial charge in [0.05, 0.1) is 13.2 Å². The van der Waals surface area contributed by atoms with Gasteiger partial charge in [0.25, 0.3) is 0 Å². The van der Waals surface area contributed by atoms with E-state index < -0.39 is 23.7 Å². The predicted octanol–water partition coefficient (Wildman–Crippen LogP) is 4.41. The van der Waals surface area contributed by atoms with Crippen LogP contribution in [0.4, 0.5) is 4.79 Å². The Morgan fingerprint density at radius 3 is 2.72 bits per heavy atom. The number of carbonyl (C=O) groups is 2. The fourth-order valence-corrected chi connectivity index (χ4v) is 4.09. The van der Waals surface area contributed by atoms with Crippen molar-refractivity contribution in [3.8, 4) is 0 Å². The van der Waals surface area contributed by atoms with Gasteiger partial charge in [-0.3, -0.25) is 4.90 Å². The largest absolute Gasteiger partial charge is 0.467 e. The lowest BCUT2D eigenvalue weighted by molar-refractivity contribution is -0.146. The number of nitrogens with zero attached hydrogens (tertiary/aromatic N) is 1. The fourth-order valence-electron chi connectivity index (χ4n) is 3.88. The molecule has 0 aromatic heterocycles. The quantitative estimate of drug-likeness (QED) is 0.544. The minimum absolute atomic E-state index is 0.206. The van der Waals surface area contributed by atoms with E-state index in [1.807, 2.05) is 32.9 Å². The number of methoxy groups -OCH3 is 1. The van der Waals surface area contributed by atoms with Crippen molar-refractivity contribution < 1.29 is 19.1 Å². The van der Waals surface area contributed by atoms with E-state index in [4.69, 9.17) is 21.1 Å². The van der Waals surface area contributed by atoms with Crippen molar-refractivity contribution in [2.45, 2.75) is 70.6 Å². The molecule has 0 aromatic rings. The topological polar surface area (TPSA) is 55.8 Å². The maximum atomic E-state index is 12.9. The lowest BCUT2D eigenvalue weighted by atomic mass is 9.69. The minimum atomic E-state index is -0.659. The van der Waals surface area contributed by atoms with Crippen LogP contribution in [0.3, 0.4) is 0 Å². The van der Waals surface area contributed by atoms with Gasteiger partial charge in [0.2, 0.25) is 0 Å². The van der Waals surface area contributed by atoms with E-state index in [1.165, 1.54) is 12.0 Å². The van der Waals surface area contributed by atoms with E-state index in [1.54, 1.807) is 0 Å². The molecule has 5 nitrogen and oxygen atoms in total. The summed E-state index contributed by atoms with van der Waals surface area (Å²) in [4.78, 5) is 26.8. The zero-order valence-electron chi connectivity index (χ0n) is 15.5. The molecule has 1 amide bonds. The molecule has 2 rings (SSSR count). The summed E-state index contributed by atoms with van der Waals surface area (Å²) in [6, 6.07) is -0.930. The molecule has 2 aliphatic rings.